The molecule has 0 heterocycles. The minimum absolute atomic E-state index is 0.686. The van der Waals surface area contributed by atoms with Gasteiger partial charge in [-0.2, -0.15) is 0 Å². The van der Waals surface area contributed by atoms with Crippen molar-refractivity contribution in [2.45, 2.75) is 20.3 Å². The number of hydrogen-bond acceptors (Lipinski definition) is 3. The summed E-state index contributed by atoms with van der Waals surface area (Å²) in [6.45, 7) is 7.46. The van der Waals surface area contributed by atoms with Gasteiger partial charge in [0.15, 0.2) is 0 Å². The molecule has 0 aromatic heterocycles. The van der Waals surface area contributed by atoms with Crippen LogP contribution >= 0.6 is 0 Å². The number of rotatable bonds is 8. The quantitative estimate of drug-likeness (QED) is 0.687. The fraction of sp³-hybridized carbons (Fsp3) is 0.538. The van der Waals surface area contributed by atoms with E-state index in [9.17, 15) is 0 Å². The molecule has 3 heteroatoms. The normalized spacial score (nSPS) is 10.1. The van der Waals surface area contributed by atoms with Gasteiger partial charge in [0, 0.05) is 12.6 Å². The van der Waals surface area contributed by atoms with Crippen molar-refractivity contribution in [1.29, 1.82) is 0 Å². The third-order valence-electron chi connectivity index (χ3n) is 2.08. The highest BCUT2D eigenvalue weighted by Crippen LogP contribution is 2.19. The van der Waals surface area contributed by atoms with Gasteiger partial charge in [0.2, 0.25) is 0 Å². The first-order chi connectivity index (χ1) is 7.86. The molecule has 0 saturated carbocycles. The van der Waals surface area contributed by atoms with Crippen molar-refractivity contribution in [3.8, 4) is 11.5 Å². The van der Waals surface area contributed by atoms with E-state index in [0.29, 0.717) is 6.61 Å². The highest BCUT2D eigenvalue weighted by molar-refractivity contribution is 5.32. The maximum atomic E-state index is 5.59. The lowest BCUT2D eigenvalue weighted by Gasteiger charge is -2.09. The molecule has 1 aromatic carbocycles. The van der Waals surface area contributed by atoms with Gasteiger partial charge in [0.1, 0.15) is 18.1 Å². The number of hydrogen-bond donors (Lipinski definition) is 1. The maximum absolute atomic E-state index is 5.59. The van der Waals surface area contributed by atoms with Crippen LogP contribution in [0.5, 0.6) is 11.5 Å². The first kappa shape index (κ1) is 12.8. The molecule has 3 nitrogen and oxygen atoms in total. The van der Waals surface area contributed by atoms with Gasteiger partial charge < -0.3 is 14.8 Å². The highest BCUT2D eigenvalue weighted by atomic mass is 16.5. The second kappa shape index (κ2) is 7.99. The molecule has 1 rings (SSSR count). The summed E-state index contributed by atoms with van der Waals surface area (Å²) in [7, 11) is 0. The summed E-state index contributed by atoms with van der Waals surface area (Å²) in [5.74, 6) is 1.74. The van der Waals surface area contributed by atoms with E-state index in [0.717, 1.165) is 37.6 Å². The first-order valence-corrected chi connectivity index (χ1v) is 5.93. The molecule has 0 fully saturated rings. The molecule has 90 valence electrons. The average Bonchev–Trinajstić information content (AvgIpc) is 2.33. The van der Waals surface area contributed by atoms with Crippen molar-refractivity contribution in [2.24, 2.45) is 0 Å². The van der Waals surface area contributed by atoms with Crippen LogP contribution in [0.4, 0.5) is 0 Å². The van der Waals surface area contributed by atoms with E-state index in [1.54, 1.807) is 0 Å². The minimum Gasteiger partial charge on any atom is -0.493 e. The number of ether oxygens (including phenoxy) is 2. The van der Waals surface area contributed by atoms with Gasteiger partial charge in [-0.3, -0.25) is 0 Å². The van der Waals surface area contributed by atoms with Gasteiger partial charge in [-0.1, -0.05) is 19.9 Å². The summed E-state index contributed by atoms with van der Waals surface area (Å²) in [6, 6.07) is 7.78. The van der Waals surface area contributed by atoms with Crippen molar-refractivity contribution in [3.63, 3.8) is 0 Å². The summed E-state index contributed by atoms with van der Waals surface area (Å²) in [5, 5.41) is 3.21. The van der Waals surface area contributed by atoms with Crippen LogP contribution < -0.4 is 14.8 Å². The van der Waals surface area contributed by atoms with E-state index in [4.69, 9.17) is 9.47 Å². The molecule has 1 aromatic rings. The van der Waals surface area contributed by atoms with Crippen molar-refractivity contribution in [2.75, 3.05) is 26.3 Å². The third-order valence-corrected chi connectivity index (χ3v) is 2.08. The van der Waals surface area contributed by atoms with Gasteiger partial charge in [-0.05, 0) is 25.1 Å². The first-order valence-electron chi connectivity index (χ1n) is 5.93. The molecule has 1 N–H and O–H groups in total. The van der Waals surface area contributed by atoms with Crippen molar-refractivity contribution < 1.29 is 9.47 Å². The zero-order valence-electron chi connectivity index (χ0n) is 10.2. The Bertz CT molecular complexity index is 289. The van der Waals surface area contributed by atoms with Crippen LogP contribution in [0.1, 0.15) is 20.3 Å². The van der Waals surface area contributed by atoms with Crippen molar-refractivity contribution in [1.82, 2.24) is 5.32 Å². The molecule has 0 radical (unpaired) electrons. The van der Waals surface area contributed by atoms with Crippen molar-refractivity contribution >= 4 is 0 Å². The lowest BCUT2D eigenvalue weighted by atomic mass is 10.3. The molecule has 0 spiro atoms. The van der Waals surface area contributed by atoms with Gasteiger partial charge in [0.25, 0.3) is 0 Å². The molecule has 0 aliphatic heterocycles. The predicted octanol–water partition coefficient (Wildman–Crippen LogP) is 2.46. The lowest BCUT2D eigenvalue weighted by molar-refractivity contribution is 0.301. The molecule has 0 saturated heterocycles. The number of likely N-dealkylation sites (N-methyl/N-ethyl adjacent to an activating group) is 1. The molecule has 0 amide bonds. The van der Waals surface area contributed by atoms with Gasteiger partial charge in [0.05, 0.1) is 6.61 Å². The molecule has 0 unspecified atom stereocenters. The Balaban J connectivity index is 2.35. The van der Waals surface area contributed by atoms with Crippen LogP contribution in [0.2, 0.25) is 0 Å². The topological polar surface area (TPSA) is 30.5 Å². The fourth-order valence-corrected chi connectivity index (χ4v) is 1.29. The van der Waals surface area contributed by atoms with E-state index in [1.165, 1.54) is 0 Å². The molecule has 0 atom stereocenters. The van der Waals surface area contributed by atoms with Crippen LogP contribution in [0.25, 0.3) is 0 Å². The van der Waals surface area contributed by atoms with Crippen LogP contribution in [-0.4, -0.2) is 26.3 Å². The zero-order valence-corrected chi connectivity index (χ0v) is 10.2. The zero-order chi connectivity index (χ0) is 11.6. The summed E-state index contributed by atoms with van der Waals surface area (Å²) >= 11 is 0. The summed E-state index contributed by atoms with van der Waals surface area (Å²) in [4.78, 5) is 0. The fourth-order valence-electron chi connectivity index (χ4n) is 1.29. The van der Waals surface area contributed by atoms with Gasteiger partial charge in [-0.25, -0.2) is 0 Å². The molecular weight excluding hydrogens is 202 g/mol. The maximum Gasteiger partial charge on any atom is 0.123 e. The largest absolute Gasteiger partial charge is 0.493 e. The predicted molar refractivity (Wildman–Crippen MR) is 66.3 cm³/mol. The molecule has 0 aliphatic carbocycles. The standard InChI is InChI=1S/C13H21NO2/c1-3-9-15-12-6-5-7-13(11-12)16-10-8-14-4-2/h5-7,11,14H,3-4,8-10H2,1-2H3. The smallest absolute Gasteiger partial charge is 0.123 e. The SMILES string of the molecule is CCCOc1cccc(OCCNCC)c1. The Hall–Kier alpha value is -1.22. The molecule has 0 bridgehead atoms. The van der Waals surface area contributed by atoms with Crippen LogP contribution in [0.15, 0.2) is 24.3 Å². The monoisotopic (exact) mass is 223 g/mol. The van der Waals surface area contributed by atoms with E-state index in [2.05, 4.69) is 19.2 Å². The molecular formula is C13H21NO2. The lowest BCUT2D eigenvalue weighted by Crippen LogP contribution is -2.20. The van der Waals surface area contributed by atoms with E-state index in [1.807, 2.05) is 24.3 Å². The Kier molecular flexibility index (Phi) is 6.42. The van der Waals surface area contributed by atoms with Gasteiger partial charge in [-0.15, -0.1) is 0 Å². The Morgan fingerprint density at radius 2 is 1.75 bits per heavy atom. The Morgan fingerprint density at radius 3 is 2.38 bits per heavy atom. The minimum atomic E-state index is 0.686. The summed E-state index contributed by atoms with van der Waals surface area (Å²) in [6.07, 6.45) is 1.02. The summed E-state index contributed by atoms with van der Waals surface area (Å²) < 4.78 is 11.1. The highest BCUT2D eigenvalue weighted by Gasteiger charge is 1.97. The van der Waals surface area contributed by atoms with Crippen LogP contribution in [0, 0.1) is 0 Å². The molecule has 16 heavy (non-hydrogen) atoms. The van der Waals surface area contributed by atoms with Crippen LogP contribution in [0.3, 0.4) is 0 Å². The van der Waals surface area contributed by atoms with E-state index in [-0.39, 0.29) is 0 Å². The third kappa shape index (κ3) is 5.03. The average molecular weight is 223 g/mol. The van der Waals surface area contributed by atoms with E-state index >= 15 is 0 Å². The second-order valence-electron chi connectivity index (χ2n) is 3.53. The Morgan fingerprint density at radius 1 is 1.06 bits per heavy atom. The van der Waals surface area contributed by atoms with Gasteiger partial charge >= 0.3 is 0 Å². The van der Waals surface area contributed by atoms with Crippen LogP contribution in [-0.2, 0) is 0 Å². The van der Waals surface area contributed by atoms with E-state index < -0.39 is 0 Å². The Labute approximate surface area is 97.8 Å². The number of nitrogens with one attached hydrogen (secondary N) is 1. The number of benzene rings is 1. The second-order valence-corrected chi connectivity index (χ2v) is 3.53. The van der Waals surface area contributed by atoms with Crippen molar-refractivity contribution in [3.05, 3.63) is 24.3 Å². The molecule has 0 aliphatic rings. The summed E-state index contributed by atoms with van der Waals surface area (Å²) in [5.41, 5.74) is 0.